The average molecular weight is 465 g/mol. The number of fused-ring (bicyclic) bond motifs is 1. The van der Waals surface area contributed by atoms with Crippen LogP contribution in [0.15, 0.2) is 53.4 Å². The molecular formula is C20H14F3N3O3S2. The molecule has 0 bridgehead atoms. The van der Waals surface area contributed by atoms with Crippen LogP contribution >= 0.6 is 22.7 Å². The summed E-state index contributed by atoms with van der Waals surface area (Å²) in [5, 5.41) is 4.90. The van der Waals surface area contributed by atoms with Gasteiger partial charge in [-0.05, 0) is 36.4 Å². The van der Waals surface area contributed by atoms with Crippen LogP contribution in [0.1, 0.15) is 16.1 Å². The minimum absolute atomic E-state index is 0.0799. The van der Waals surface area contributed by atoms with E-state index in [-0.39, 0.29) is 11.7 Å². The van der Waals surface area contributed by atoms with E-state index in [4.69, 9.17) is 9.47 Å². The third-order valence-corrected chi connectivity index (χ3v) is 5.52. The summed E-state index contributed by atoms with van der Waals surface area (Å²) in [6.07, 6.45) is -4.42. The van der Waals surface area contributed by atoms with E-state index in [1.165, 1.54) is 23.5 Å². The fraction of sp³-hybridized carbons (Fsp3) is 0.150. The monoisotopic (exact) mass is 465 g/mol. The molecule has 0 saturated heterocycles. The molecule has 1 N–H and O–H groups in total. The van der Waals surface area contributed by atoms with E-state index in [1.54, 1.807) is 35.8 Å². The second-order valence-electron chi connectivity index (χ2n) is 6.30. The maximum atomic E-state index is 12.6. The van der Waals surface area contributed by atoms with Gasteiger partial charge in [-0.15, -0.1) is 11.3 Å². The Morgan fingerprint density at radius 3 is 2.71 bits per heavy atom. The lowest BCUT2D eigenvalue weighted by molar-refractivity contribution is -0.153. The quantitative estimate of drug-likeness (QED) is 0.389. The van der Waals surface area contributed by atoms with Crippen molar-refractivity contribution in [1.29, 1.82) is 0 Å². The number of halogens is 3. The van der Waals surface area contributed by atoms with Crippen molar-refractivity contribution >= 4 is 43.9 Å². The molecule has 31 heavy (non-hydrogen) atoms. The first-order valence-corrected chi connectivity index (χ1v) is 10.6. The van der Waals surface area contributed by atoms with E-state index in [2.05, 4.69) is 15.3 Å². The molecule has 0 aliphatic rings. The molecule has 160 valence electrons. The first-order chi connectivity index (χ1) is 14.9. The van der Waals surface area contributed by atoms with E-state index in [1.807, 2.05) is 5.38 Å². The van der Waals surface area contributed by atoms with Gasteiger partial charge in [-0.25, -0.2) is 9.97 Å². The maximum absolute atomic E-state index is 12.6. The molecule has 0 aliphatic heterocycles. The largest absolute Gasteiger partial charge is 0.487 e. The number of aromatic nitrogens is 2. The minimum atomic E-state index is -4.42. The first-order valence-electron chi connectivity index (χ1n) is 8.87. The van der Waals surface area contributed by atoms with Gasteiger partial charge in [0.25, 0.3) is 5.91 Å². The van der Waals surface area contributed by atoms with Crippen molar-refractivity contribution in [3.05, 3.63) is 64.6 Å². The second-order valence-corrected chi connectivity index (χ2v) is 8.05. The number of carbonyl (C=O) groups excluding carboxylic acids is 1. The van der Waals surface area contributed by atoms with Gasteiger partial charge in [0.15, 0.2) is 11.7 Å². The van der Waals surface area contributed by atoms with Gasteiger partial charge in [-0.2, -0.15) is 13.2 Å². The second kappa shape index (κ2) is 8.90. The predicted octanol–water partition coefficient (Wildman–Crippen LogP) is 5.53. The number of alkyl halides is 3. The lowest BCUT2D eigenvalue weighted by atomic mass is 10.2. The van der Waals surface area contributed by atoms with Gasteiger partial charge in [0.05, 0.1) is 21.4 Å². The number of nitrogens with one attached hydrogen (secondary N) is 1. The Bertz CT molecular complexity index is 1190. The summed E-state index contributed by atoms with van der Waals surface area (Å²) >= 11 is 2.61. The molecule has 1 amide bonds. The molecule has 0 aliphatic carbocycles. The Balaban J connectivity index is 1.42. The fourth-order valence-electron chi connectivity index (χ4n) is 2.58. The van der Waals surface area contributed by atoms with E-state index >= 15 is 0 Å². The fourth-order valence-corrected chi connectivity index (χ4v) is 4.01. The van der Waals surface area contributed by atoms with Crippen molar-refractivity contribution in [3.8, 4) is 11.5 Å². The average Bonchev–Trinajstić information content (AvgIpc) is 3.39. The van der Waals surface area contributed by atoms with Gasteiger partial charge >= 0.3 is 6.18 Å². The number of carbonyl (C=O) groups is 1. The molecule has 0 radical (unpaired) electrons. The Morgan fingerprint density at radius 1 is 1.10 bits per heavy atom. The summed E-state index contributed by atoms with van der Waals surface area (Å²) in [5.74, 6) is 0.222. The highest BCUT2D eigenvalue weighted by atomic mass is 32.1. The van der Waals surface area contributed by atoms with Crippen LogP contribution in [-0.2, 0) is 6.61 Å². The Hall–Kier alpha value is -3.18. The summed E-state index contributed by atoms with van der Waals surface area (Å²) < 4.78 is 48.0. The molecule has 0 spiro atoms. The van der Waals surface area contributed by atoms with Crippen LogP contribution in [0.2, 0.25) is 0 Å². The van der Waals surface area contributed by atoms with Gasteiger partial charge in [0.1, 0.15) is 18.1 Å². The van der Waals surface area contributed by atoms with Gasteiger partial charge < -0.3 is 9.47 Å². The number of rotatable bonds is 7. The highest BCUT2D eigenvalue weighted by molar-refractivity contribution is 7.22. The highest BCUT2D eigenvalue weighted by Gasteiger charge is 2.28. The third kappa shape index (κ3) is 5.70. The van der Waals surface area contributed by atoms with Crippen LogP contribution in [-0.4, -0.2) is 28.7 Å². The normalized spacial score (nSPS) is 11.5. The Morgan fingerprint density at radius 2 is 1.94 bits per heavy atom. The summed E-state index contributed by atoms with van der Waals surface area (Å²) in [7, 11) is 0. The predicted molar refractivity (Wildman–Crippen MR) is 112 cm³/mol. The van der Waals surface area contributed by atoms with E-state index < -0.39 is 12.8 Å². The number of amides is 1. The van der Waals surface area contributed by atoms with E-state index in [0.717, 1.165) is 17.0 Å². The summed E-state index contributed by atoms with van der Waals surface area (Å²) in [6.45, 7) is -1.08. The van der Waals surface area contributed by atoms with Crippen molar-refractivity contribution in [1.82, 2.24) is 9.97 Å². The lowest BCUT2D eigenvalue weighted by Gasteiger charge is -2.08. The van der Waals surface area contributed by atoms with Crippen LogP contribution in [0, 0.1) is 0 Å². The number of nitrogens with zero attached hydrogens (tertiary/aromatic N) is 2. The van der Waals surface area contributed by atoms with Crippen molar-refractivity contribution in [2.45, 2.75) is 12.8 Å². The first kappa shape index (κ1) is 21.1. The third-order valence-electron chi connectivity index (χ3n) is 3.95. The van der Waals surface area contributed by atoms with Crippen LogP contribution < -0.4 is 14.8 Å². The number of hydrogen-bond donors (Lipinski definition) is 1. The van der Waals surface area contributed by atoms with Gasteiger partial charge in [-0.3, -0.25) is 10.1 Å². The van der Waals surface area contributed by atoms with Crippen LogP contribution in [0.5, 0.6) is 11.5 Å². The van der Waals surface area contributed by atoms with Crippen LogP contribution in [0.4, 0.5) is 18.3 Å². The summed E-state index contributed by atoms with van der Waals surface area (Å²) in [4.78, 5) is 21.0. The molecule has 11 heteroatoms. The molecule has 2 aromatic carbocycles. The van der Waals surface area contributed by atoms with Crippen molar-refractivity contribution in [3.63, 3.8) is 0 Å². The standard InChI is InChI=1S/C20H14F3N3O3S2/c21-20(22,23)10-29-15-4-5-16-17(7-15)31-19(25-16)26-18(27)12-2-1-3-14(6-12)28-8-13-9-30-11-24-13/h1-7,9,11H,8,10H2,(H,25,26,27). The molecular weight excluding hydrogens is 451 g/mol. The molecule has 6 nitrogen and oxygen atoms in total. The molecule has 4 rings (SSSR count). The van der Waals surface area contributed by atoms with Gasteiger partial charge in [0.2, 0.25) is 0 Å². The molecule has 0 atom stereocenters. The van der Waals surface area contributed by atoms with E-state index in [9.17, 15) is 18.0 Å². The number of thiazole rings is 2. The SMILES string of the molecule is O=C(Nc1nc2ccc(OCC(F)(F)F)cc2s1)c1cccc(OCc2cscn2)c1. The molecule has 2 aromatic heterocycles. The molecule has 2 heterocycles. The topological polar surface area (TPSA) is 73.3 Å². The Kier molecular flexibility index (Phi) is 6.05. The van der Waals surface area contributed by atoms with Gasteiger partial charge in [-0.1, -0.05) is 17.4 Å². The number of anilines is 1. The number of ether oxygens (including phenoxy) is 2. The van der Waals surface area contributed by atoms with Crippen molar-refractivity contribution in [2.24, 2.45) is 0 Å². The number of benzene rings is 2. The number of hydrogen-bond acceptors (Lipinski definition) is 7. The smallest absolute Gasteiger partial charge is 0.422 e. The molecule has 0 fully saturated rings. The Labute approximate surface area is 182 Å². The highest BCUT2D eigenvalue weighted by Crippen LogP contribution is 2.30. The van der Waals surface area contributed by atoms with E-state index in [0.29, 0.717) is 33.3 Å². The zero-order valence-electron chi connectivity index (χ0n) is 15.7. The molecule has 0 unspecified atom stereocenters. The lowest BCUT2D eigenvalue weighted by Crippen LogP contribution is -2.19. The summed E-state index contributed by atoms with van der Waals surface area (Å²) in [5.41, 5.74) is 3.43. The molecule has 0 saturated carbocycles. The van der Waals surface area contributed by atoms with Crippen LogP contribution in [0.25, 0.3) is 10.2 Å². The zero-order valence-corrected chi connectivity index (χ0v) is 17.3. The van der Waals surface area contributed by atoms with Crippen molar-refractivity contribution < 1.29 is 27.4 Å². The minimum Gasteiger partial charge on any atom is -0.487 e. The van der Waals surface area contributed by atoms with Gasteiger partial charge in [0, 0.05) is 10.9 Å². The molecule has 4 aromatic rings. The maximum Gasteiger partial charge on any atom is 0.422 e. The van der Waals surface area contributed by atoms with Crippen LogP contribution in [0.3, 0.4) is 0 Å². The zero-order chi connectivity index (χ0) is 21.8. The van der Waals surface area contributed by atoms with Crippen molar-refractivity contribution in [2.75, 3.05) is 11.9 Å². The summed E-state index contributed by atoms with van der Waals surface area (Å²) in [6, 6.07) is 11.1.